The molecule has 0 radical (unpaired) electrons. The standard InChI is InChI=1S/C9H14O4/c1-12-8(9(10)11)5-7-3-2-4-13-6-7/h6,8H,2-5H2,1H3,(H,10,11). The van der Waals surface area contributed by atoms with Crippen LogP contribution in [-0.2, 0) is 14.3 Å². The van der Waals surface area contributed by atoms with Crippen LogP contribution in [0.2, 0.25) is 0 Å². The van der Waals surface area contributed by atoms with Crippen molar-refractivity contribution in [3.05, 3.63) is 11.8 Å². The maximum Gasteiger partial charge on any atom is 0.333 e. The van der Waals surface area contributed by atoms with Gasteiger partial charge in [-0.3, -0.25) is 0 Å². The van der Waals surface area contributed by atoms with Gasteiger partial charge in [-0.25, -0.2) is 4.79 Å². The number of methoxy groups -OCH3 is 1. The fraction of sp³-hybridized carbons (Fsp3) is 0.667. The summed E-state index contributed by atoms with van der Waals surface area (Å²) in [6.45, 7) is 0.730. The Hall–Kier alpha value is -1.03. The van der Waals surface area contributed by atoms with Crippen molar-refractivity contribution in [2.24, 2.45) is 0 Å². The maximum absolute atomic E-state index is 10.6. The average Bonchev–Trinajstić information content (AvgIpc) is 2.15. The molecule has 0 spiro atoms. The van der Waals surface area contributed by atoms with Crippen LogP contribution in [0.1, 0.15) is 19.3 Å². The highest BCUT2D eigenvalue weighted by Gasteiger charge is 2.19. The van der Waals surface area contributed by atoms with Crippen LogP contribution < -0.4 is 0 Å². The molecule has 0 saturated carbocycles. The number of hydrogen-bond acceptors (Lipinski definition) is 3. The molecule has 1 heterocycles. The molecular weight excluding hydrogens is 172 g/mol. The van der Waals surface area contributed by atoms with E-state index in [1.807, 2.05) is 0 Å². The van der Waals surface area contributed by atoms with E-state index >= 15 is 0 Å². The third-order valence-electron chi connectivity index (χ3n) is 2.02. The Morgan fingerprint density at radius 3 is 3.08 bits per heavy atom. The number of hydrogen-bond donors (Lipinski definition) is 1. The molecule has 1 unspecified atom stereocenters. The molecule has 4 nitrogen and oxygen atoms in total. The van der Waals surface area contributed by atoms with Crippen molar-refractivity contribution in [2.45, 2.75) is 25.4 Å². The number of carboxylic acid groups (broad SMARTS) is 1. The monoisotopic (exact) mass is 186 g/mol. The molecule has 13 heavy (non-hydrogen) atoms. The van der Waals surface area contributed by atoms with Crippen LogP contribution in [-0.4, -0.2) is 30.9 Å². The lowest BCUT2D eigenvalue weighted by Crippen LogP contribution is -2.23. The van der Waals surface area contributed by atoms with Gasteiger partial charge < -0.3 is 14.6 Å². The molecule has 0 amide bonds. The highest BCUT2D eigenvalue weighted by Crippen LogP contribution is 2.18. The summed E-state index contributed by atoms with van der Waals surface area (Å²) in [6.07, 6.45) is 3.20. The Bertz CT molecular complexity index is 210. The topological polar surface area (TPSA) is 55.8 Å². The Kier molecular flexibility index (Phi) is 3.76. The van der Waals surface area contributed by atoms with E-state index < -0.39 is 12.1 Å². The van der Waals surface area contributed by atoms with Crippen LogP contribution in [0.25, 0.3) is 0 Å². The van der Waals surface area contributed by atoms with Gasteiger partial charge in [0.05, 0.1) is 12.9 Å². The van der Waals surface area contributed by atoms with E-state index in [1.54, 1.807) is 6.26 Å². The fourth-order valence-electron chi connectivity index (χ4n) is 1.28. The minimum absolute atomic E-state index is 0.422. The highest BCUT2D eigenvalue weighted by atomic mass is 16.5. The molecule has 74 valence electrons. The Balaban J connectivity index is 2.45. The van der Waals surface area contributed by atoms with E-state index in [1.165, 1.54) is 7.11 Å². The number of ether oxygens (including phenoxy) is 2. The van der Waals surface area contributed by atoms with E-state index in [9.17, 15) is 4.79 Å². The SMILES string of the molecule is COC(CC1=COCCC1)C(=O)O. The largest absolute Gasteiger partial charge is 0.501 e. The van der Waals surface area contributed by atoms with Gasteiger partial charge in [0.1, 0.15) is 0 Å². The maximum atomic E-state index is 10.6. The normalized spacial score (nSPS) is 18.7. The molecule has 1 aliphatic rings. The Labute approximate surface area is 77.1 Å². The molecule has 1 rings (SSSR count). The first kappa shape index (κ1) is 10.1. The molecule has 0 bridgehead atoms. The number of carboxylic acids is 1. The molecule has 0 saturated heterocycles. The summed E-state index contributed by atoms with van der Waals surface area (Å²) < 4.78 is 9.92. The first-order chi connectivity index (χ1) is 6.24. The first-order valence-electron chi connectivity index (χ1n) is 4.29. The number of aliphatic carboxylic acids is 1. The molecule has 0 fully saturated rings. The lowest BCUT2D eigenvalue weighted by molar-refractivity contribution is -0.148. The van der Waals surface area contributed by atoms with Gasteiger partial charge in [-0.05, 0) is 18.4 Å². The number of carbonyl (C=O) groups is 1. The van der Waals surface area contributed by atoms with Gasteiger partial charge in [0.25, 0.3) is 0 Å². The lowest BCUT2D eigenvalue weighted by atomic mass is 10.0. The zero-order valence-electron chi connectivity index (χ0n) is 7.66. The van der Waals surface area contributed by atoms with Gasteiger partial charge in [-0.1, -0.05) is 0 Å². The minimum atomic E-state index is -0.922. The van der Waals surface area contributed by atoms with Gasteiger partial charge in [0.2, 0.25) is 0 Å². The summed E-state index contributed by atoms with van der Waals surface area (Å²) in [5.41, 5.74) is 1.01. The predicted octanol–water partition coefficient (Wildman–Crippen LogP) is 1.17. The van der Waals surface area contributed by atoms with Crippen molar-refractivity contribution in [3.63, 3.8) is 0 Å². The molecule has 1 aliphatic heterocycles. The van der Waals surface area contributed by atoms with Crippen LogP contribution in [0.5, 0.6) is 0 Å². The molecule has 4 heteroatoms. The quantitative estimate of drug-likeness (QED) is 0.716. The van der Waals surface area contributed by atoms with Crippen LogP contribution in [0.15, 0.2) is 11.8 Å². The molecule has 0 aliphatic carbocycles. The molecule has 1 atom stereocenters. The van der Waals surface area contributed by atoms with Crippen LogP contribution in [0.3, 0.4) is 0 Å². The molecular formula is C9H14O4. The summed E-state index contributed by atoms with van der Waals surface area (Å²) in [7, 11) is 1.41. The third kappa shape index (κ3) is 3.06. The van der Waals surface area contributed by atoms with Gasteiger partial charge in [-0.15, -0.1) is 0 Å². The molecule has 0 aromatic rings. The van der Waals surface area contributed by atoms with Gasteiger partial charge in [0, 0.05) is 13.5 Å². The van der Waals surface area contributed by atoms with Gasteiger partial charge >= 0.3 is 5.97 Å². The highest BCUT2D eigenvalue weighted by molar-refractivity contribution is 5.72. The Morgan fingerprint density at radius 1 is 1.85 bits per heavy atom. The summed E-state index contributed by atoms with van der Waals surface area (Å²) in [6, 6.07) is 0. The summed E-state index contributed by atoms with van der Waals surface area (Å²) >= 11 is 0. The second kappa shape index (κ2) is 4.87. The van der Waals surface area contributed by atoms with E-state index in [-0.39, 0.29) is 0 Å². The predicted molar refractivity (Wildman–Crippen MR) is 46.3 cm³/mol. The smallest absolute Gasteiger partial charge is 0.333 e. The minimum Gasteiger partial charge on any atom is -0.501 e. The first-order valence-corrected chi connectivity index (χ1v) is 4.29. The zero-order chi connectivity index (χ0) is 9.68. The molecule has 0 aromatic carbocycles. The van der Waals surface area contributed by atoms with Crippen molar-refractivity contribution in [3.8, 4) is 0 Å². The second-order valence-corrected chi connectivity index (χ2v) is 3.02. The van der Waals surface area contributed by atoms with Crippen LogP contribution >= 0.6 is 0 Å². The van der Waals surface area contributed by atoms with Crippen molar-refractivity contribution in [1.82, 2.24) is 0 Å². The average molecular weight is 186 g/mol. The number of rotatable bonds is 4. The molecule has 1 N–H and O–H groups in total. The molecule has 0 aromatic heterocycles. The van der Waals surface area contributed by atoms with Crippen LogP contribution in [0.4, 0.5) is 0 Å². The van der Waals surface area contributed by atoms with E-state index in [2.05, 4.69) is 0 Å². The van der Waals surface area contributed by atoms with Crippen LogP contribution in [0, 0.1) is 0 Å². The van der Waals surface area contributed by atoms with E-state index in [0.717, 1.165) is 25.0 Å². The van der Waals surface area contributed by atoms with Gasteiger partial charge in [-0.2, -0.15) is 0 Å². The summed E-state index contributed by atoms with van der Waals surface area (Å²) in [5, 5.41) is 8.71. The van der Waals surface area contributed by atoms with Crippen molar-refractivity contribution >= 4 is 5.97 Å². The summed E-state index contributed by atoms with van der Waals surface area (Å²) in [5.74, 6) is -0.922. The second-order valence-electron chi connectivity index (χ2n) is 3.02. The van der Waals surface area contributed by atoms with Crippen molar-refractivity contribution < 1.29 is 19.4 Å². The van der Waals surface area contributed by atoms with E-state index in [0.29, 0.717) is 6.42 Å². The fourth-order valence-corrected chi connectivity index (χ4v) is 1.28. The van der Waals surface area contributed by atoms with E-state index in [4.69, 9.17) is 14.6 Å². The van der Waals surface area contributed by atoms with Crippen molar-refractivity contribution in [2.75, 3.05) is 13.7 Å². The third-order valence-corrected chi connectivity index (χ3v) is 2.02. The summed E-state index contributed by atoms with van der Waals surface area (Å²) in [4.78, 5) is 10.6. The Morgan fingerprint density at radius 2 is 2.62 bits per heavy atom. The zero-order valence-corrected chi connectivity index (χ0v) is 7.66. The van der Waals surface area contributed by atoms with Gasteiger partial charge in [0.15, 0.2) is 6.10 Å². The van der Waals surface area contributed by atoms with Crippen molar-refractivity contribution in [1.29, 1.82) is 0 Å². The lowest BCUT2D eigenvalue weighted by Gasteiger charge is -2.16.